The summed E-state index contributed by atoms with van der Waals surface area (Å²) in [4.78, 5) is 26.7. The molecule has 0 saturated carbocycles. The molecule has 37 heavy (non-hydrogen) atoms. The molecule has 192 valence electrons. The number of hydrogen-bond acceptors (Lipinski definition) is 6. The number of allylic oxidation sites excluding steroid dienone is 1. The molecular weight excluding hydrogens is 470 g/mol. The number of rotatable bonds is 9. The molecule has 2 aliphatic heterocycles. The van der Waals surface area contributed by atoms with Crippen LogP contribution in [0.3, 0.4) is 0 Å². The lowest BCUT2D eigenvalue weighted by Gasteiger charge is -2.27. The number of carbonyl (C=O) groups excluding carboxylic acids is 2. The molecule has 9 heteroatoms. The predicted molar refractivity (Wildman–Crippen MR) is 139 cm³/mol. The van der Waals surface area contributed by atoms with Crippen molar-refractivity contribution in [1.82, 2.24) is 15.0 Å². The van der Waals surface area contributed by atoms with E-state index in [-0.39, 0.29) is 18.4 Å². The van der Waals surface area contributed by atoms with Crippen molar-refractivity contribution in [2.45, 2.75) is 44.2 Å². The van der Waals surface area contributed by atoms with Crippen molar-refractivity contribution in [2.75, 3.05) is 23.4 Å². The van der Waals surface area contributed by atoms with Crippen molar-refractivity contribution in [1.29, 1.82) is 0 Å². The minimum Gasteiger partial charge on any atom is -0.395 e. The molecule has 1 saturated heterocycles. The molecule has 2 aliphatic rings. The number of carbonyl (C=O) groups is 2. The van der Waals surface area contributed by atoms with Crippen molar-refractivity contribution < 1.29 is 19.8 Å². The highest BCUT2D eigenvalue weighted by Crippen LogP contribution is 2.43. The van der Waals surface area contributed by atoms with Gasteiger partial charge in [0, 0.05) is 48.6 Å². The van der Waals surface area contributed by atoms with Gasteiger partial charge in [-0.15, -0.1) is 5.10 Å². The minimum atomic E-state index is -1.73. The van der Waals surface area contributed by atoms with Gasteiger partial charge in [0.2, 0.25) is 5.91 Å². The van der Waals surface area contributed by atoms with Crippen LogP contribution in [0.15, 0.2) is 66.9 Å². The Hall–Kier alpha value is -3.82. The standard InChI is InChI=1S/C28H31N5O4/c1-19(8-5-6-14-32-17-25(30-31-32)22(18-34)20-9-3-2-4-10-20)28(37)23-16-21(33-15-7-11-26(33)35)12-13-24(23)29-27(28)36/h2-5,8-10,12-13,16-17,19,22,34,37H,6-7,11,14-15,18H2,1H3,(H,29,36)/b8-5+/t19-,22?,28+/m1/s1. The summed E-state index contributed by atoms with van der Waals surface area (Å²) >= 11 is 0. The Kier molecular flexibility index (Phi) is 6.90. The molecule has 3 heterocycles. The van der Waals surface area contributed by atoms with Gasteiger partial charge in [-0.1, -0.05) is 54.6 Å². The SMILES string of the molecule is C[C@H](/C=C/CCn1cc(C(CO)c2ccccc2)nn1)[C@@]1(O)C(=O)Nc2ccc(N3CCCC3=O)cc21. The molecule has 3 aromatic rings. The fourth-order valence-corrected chi connectivity index (χ4v) is 5.12. The maximum atomic E-state index is 12.8. The van der Waals surface area contributed by atoms with Gasteiger partial charge in [-0.05, 0) is 36.6 Å². The van der Waals surface area contributed by atoms with Crippen LogP contribution in [0, 0.1) is 5.92 Å². The summed E-state index contributed by atoms with van der Waals surface area (Å²) in [5, 5.41) is 32.6. The zero-order chi connectivity index (χ0) is 26.0. The van der Waals surface area contributed by atoms with Crippen LogP contribution in [-0.2, 0) is 21.7 Å². The van der Waals surface area contributed by atoms with E-state index in [0.29, 0.717) is 48.6 Å². The number of aliphatic hydroxyl groups is 2. The Morgan fingerprint density at radius 2 is 2.00 bits per heavy atom. The Balaban J connectivity index is 1.25. The number of amides is 2. The summed E-state index contributed by atoms with van der Waals surface area (Å²) in [6.07, 6.45) is 7.52. The number of nitrogens with zero attached hydrogens (tertiary/aromatic N) is 4. The molecule has 1 aromatic heterocycles. The number of benzene rings is 2. The van der Waals surface area contributed by atoms with E-state index in [0.717, 1.165) is 12.0 Å². The van der Waals surface area contributed by atoms with Gasteiger partial charge in [0.25, 0.3) is 5.91 Å². The summed E-state index contributed by atoms with van der Waals surface area (Å²) in [5.41, 5.74) is 1.71. The highest BCUT2D eigenvalue weighted by Gasteiger charge is 2.49. The number of fused-ring (bicyclic) bond motifs is 1. The van der Waals surface area contributed by atoms with Gasteiger partial charge in [0.05, 0.1) is 18.2 Å². The van der Waals surface area contributed by atoms with Gasteiger partial charge in [0.15, 0.2) is 5.60 Å². The maximum absolute atomic E-state index is 12.8. The average Bonchev–Trinajstić information content (AvgIpc) is 3.62. The van der Waals surface area contributed by atoms with Gasteiger partial charge in [-0.25, -0.2) is 0 Å². The molecule has 5 rings (SSSR count). The normalized spacial score (nSPS) is 20.9. The van der Waals surface area contributed by atoms with Gasteiger partial charge < -0.3 is 20.4 Å². The lowest BCUT2D eigenvalue weighted by atomic mass is 9.82. The molecule has 1 fully saturated rings. The third kappa shape index (κ3) is 4.68. The monoisotopic (exact) mass is 501 g/mol. The highest BCUT2D eigenvalue weighted by molar-refractivity contribution is 6.06. The quantitative estimate of drug-likeness (QED) is 0.388. The fourth-order valence-electron chi connectivity index (χ4n) is 5.12. The second kappa shape index (κ2) is 10.3. The number of nitrogens with one attached hydrogen (secondary N) is 1. The van der Waals surface area contributed by atoms with E-state index in [1.165, 1.54) is 0 Å². The van der Waals surface area contributed by atoms with Crippen LogP contribution in [-0.4, -0.2) is 50.2 Å². The van der Waals surface area contributed by atoms with E-state index in [1.54, 1.807) is 34.7 Å². The first-order valence-electron chi connectivity index (χ1n) is 12.6. The fraction of sp³-hybridized carbons (Fsp3) is 0.357. The molecule has 1 unspecified atom stereocenters. The molecule has 0 spiro atoms. The van der Waals surface area contributed by atoms with E-state index in [1.807, 2.05) is 48.7 Å². The topological polar surface area (TPSA) is 121 Å². The Morgan fingerprint density at radius 3 is 2.73 bits per heavy atom. The lowest BCUT2D eigenvalue weighted by Crippen LogP contribution is -2.39. The highest BCUT2D eigenvalue weighted by atomic mass is 16.3. The summed E-state index contributed by atoms with van der Waals surface area (Å²) in [5.74, 6) is -1.15. The van der Waals surface area contributed by atoms with Crippen LogP contribution in [0.25, 0.3) is 0 Å². The molecule has 2 aromatic carbocycles. The zero-order valence-corrected chi connectivity index (χ0v) is 20.7. The lowest BCUT2D eigenvalue weighted by molar-refractivity contribution is -0.137. The van der Waals surface area contributed by atoms with Gasteiger partial charge in [0.1, 0.15) is 0 Å². The average molecular weight is 502 g/mol. The number of hydrogen-bond donors (Lipinski definition) is 3. The Bertz CT molecular complexity index is 1320. The predicted octanol–water partition coefficient (Wildman–Crippen LogP) is 2.95. The second-order valence-corrected chi connectivity index (χ2v) is 9.66. The first-order chi connectivity index (χ1) is 17.9. The molecule has 9 nitrogen and oxygen atoms in total. The summed E-state index contributed by atoms with van der Waals surface area (Å²) < 4.78 is 1.72. The third-order valence-corrected chi connectivity index (χ3v) is 7.30. The largest absolute Gasteiger partial charge is 0.395 e. The van der Waals surface area contributed by atoms with Crippen LogP contribution in [0.4, 0.5) is 11.4 Å². The zero-order valence-electron chi connectivity index (χ0n) is 20.7. The van der Waals surface area contributed by atoms with E-state index >= 15 is 0 Å². The van der Waals surface area contributed by atoms with Crippen molar-refractivity contribution in [3.05, 3.63) is 83.7 Å². The minimum absolute atomic E-state index is 0.0547. The van der Waals surface area contributed by atoms with Crippen molar-refractivity contribution >= 4 is 23.2 Å². The van der Waals surface area contributed by atoms with Crippen molar-refractivity contribution in [2.24, 2.45) is 5.92 Å². The third-order valence-electron chi connectivity index (χ3n) is 7.30. The molecule has 0 aliphatic carbocycles. The van der Waals surface area contributed by atoms with E-state index in [2.05, 4.69) is 15.6 Å². The van der Waals surface area contributed by atoms with Gasteiger partial charge >= 0.3 is 0 Å². The Labute approximate surface area is 215 Å². The number of aromatic nitrogens is 3. The van der Waals surface area contributed by atoms with Crippen LogP contribution in [0.2, 0.25) is 0 Å². The van der Waals surface area contributed by atoms with Crippen LogP contribution < -0.4 is 10.2 Å². The molecule has 0 bridgehead atoms. The summed E-state index contributed by atoms with van der Waals surface area (Å²) in [7, 11) is 0. The molecule has 3 N–H and O–H groups in total. The number of aryl methyl sites for hydroxylation is 1. The maximum Gasteiger partial charge on any atom is 0.261 e. The van der Waals surface area contributed by atoms with Crippen LogP contribution >= 0.6 is 0 Å². The van der Waals surface area contributed by atoms with Crippen LogP contribution in [0.5, 0.6) is 0 Å². The van der Waals surface area contributed by atoms with E-state index < -0.39 is 17.4 Å². The van der Waals surface area contributed by atoms with E-state index in [9.17, 15) is 19.8 Å². The molecule has 2 amide bonds. The van der Waals surface area contributed by atoms with Gasteiger partial charge in [-0.2, -0.15) is 0 Å². The van der Waals surface area contributed by atoms with Crippen molar-refractivity contribution in [3.8, 4) is 0 Å². The molecular formula is C28H31N5O4. The summed E-state index contributed by atoms with van der Waals surface area (Å²) in [6, 6.07) is 15.0. The Morgan fingerprint density at radius 1 is 1.19 bits per heavy atom. The second-order valence-electron chi connectivity index (χ2n) is 9.66. The molecule has 0 radical (unpaired) electrons. The molecule has 3 atom stereocenters. The van der Waals surface area contributed by atoms with Crippen LogP contribution in [0.1, 0.15) is 48.9 Å². The number of anilines is 2. The first-order valence-corrected chi connectivity index (χ1v) is 12.6. The van der Waals surface area contributed by atoms with Crippen molar-refractivity contribution in [3.63, 3.8) is 0 Å². The smallest absolute Gasteiger partial charge is 0.261 e. The van der Waals surface area contributed by atoms with E-state index in [4.69, 9.17) is 0 Å². The summed E-state index contributed by atoms with van der Waals surface area (Å²) in [6.45, 7) is 2.95. The number of aliphatic hydroxyl groups excluding tert-OH is 1. The first kappa shape index (κ1) is 24.9. The van der Waals surface area contributed by atoms with Gasteiger partial charge in [-0.3, -0.25) is 14.3 Å².